The summed E-state index contributed by atoms with van der Waals surface area (Å²) in [5.74, 6) is -0.303. The van der Waals surface area contributed by atoms with Gasteiger partial charge in [-0.1, -0.05) is 30.3 Å². The molecule has 166 valence electrons. The molecule has 7 heteroatoms. The number of hydrogen-bond donors (Lipinski definition) is 1. The second-order valence-electron chi connectivity index (χ2n) is 8.04. The summed E-state index contributed by atoms with van der Waals surface area (Å²) in [6, 6.07) is 11.8. The van der Waals surface area contributed by atoms with Gasteiger partial charge >= 0.3 is 17.7 Å². The molecule has 2 aromatic carbocycles. The summed E-state index contributed by atoms with van der Waals surface area (Å²) in [6.07, 6.45) is 2.55. The van der Waals surface area contributed by atoms with Gasteiger partial charge in [-0.2, -0.15) is 0 Å². The molecule has 4 rings (SSSR count). The van der Waals surface area contributed by atoms with E-state index in [-0.39, 0.29) is 12.2 Å². The molecule has 1 heterocycles. The molecule has 32 heavy (non-hydrogen) atoms. The lowest BCUT2D eigenvalue weighted by atomic mass is 9.90. The molecule has 1 atom stereocenters. The van der Waals surface area contributed by atoms with E-state index in [1.54, 1.807) is 12.1 Å². The minimum atomic E-state index is -0.930. The van der Waals surface area contributed by atoms with Crippen molar-refractivity contribution in [1.29, 1.82) is 0 Å². The number of fused-ring (bicyclic) bond motifs is 3. The van der Waals surface area contributed by atoms with Crippen molar-refractivity contribution in [2.45, 2.75) is 52.2 Å². The number of nitrogens with one attached hydrogen (secondary N) is 1. The van der Waals surface area contributed by atoms with Crippen LogP contribution < -0.4 is 15.7 Å². The summed E-state index contributed by atoms with van der Waals surface area (Å²) in [7, 11) is 0. The van der Waals surface area contributed by atoms with Gasteiger partial charge in [-0.15, -0.1) is 0 Å². The van der Waals surface area contributed by atoms with Crippen molar-refractivity contribution in [3.8, 4) is 5.75 Å². The number of hydrogen-bond acceptors (Lipinski definition) is 6. The van der Waals surface area contributed by atoms with Gasteiger partial charge < -0.3 is 19.2 Å². The molecular weight excluding hydrogens is 410 g/mol. The zero-order chi connectivity index (χ0) is 22.7. The zero-order valence-electron chi connectivity index (χ0n) is 18.1. The number of ether oxygens (including phenoxy) is 2. The number of esters is 1. The van der Waals surface area contributed by atoms with Crippen LogP contribution in [0.1, 0.15) is 42.0 Å². The van der Waals surface area contributed by atoms with Crippen LogP contribution in [0.4, 0.5) is 4.79 Å². The van der Waals surface area contributed by atoms with Crippen molar-refractivity contribution in [2.24, 2.45) is 0 Å². The SMILES string of the molecule is Cc1cc(OC(=O)[C@H](C)NC(=O)OCc2ccccc2)c2c3c(c(=O)oc2c1)CCCC3. The molecule has 0 saturated carbocycles. The van der Waals surface area contributed by atoms with E-state index in [4.69, 9.17) is 13.9 Å². The number of alkyl carbamates (subject to hydrolysis) is 1. The smallest absolute Gasteiger partial charge is 0.408 e. The highest BCUT2D eigenvalue weighted by atomic mass is 16.6. The van der Waals surface area contributed by atoms with E-state index < -0.39 is 18.1 Å². The summed E-state index contributed by atoms with van der Waals surface area (Å²) >= 11 is 0. The molecule has 0 bridgehead atoms. The monoisotopic (exact) mass is 435 g/mol. The topological polar surface area (TPSA) is 94.8 Å². The first-order valence-corrected chi connectivity index (χ1v) is 10.7. The molecule has 0 fully saturated rings. The van der Waals surface area contributed by atoms with Gasteiger partial charge in [0.25, 0.3) is 0 Å². The quantitative estimate of drug-likeness (QED) is 0.367. The van der Waals surface area contributed by atoms with Gasteiger partial charge in [0.05, 0.1) is 5.39 Å². The average molecular weight is 435 g/mol. The molecule has 1 amide bonds. The van der Waals surface area contributed by atoms with Crippen molar-refractivity contribution in [1.82, 2.24) is 5.32 Å². The summed E-state index contributed by atoms with van der Waals surface area (Å²) in [5.41, 5.74) is 3.25. The minimum Gasteiger partial charge on any atom is -0.445 e. The van der Waals surface area contributed by atoms with Crippen LogP contribution in [0.5, 0.6) is 5.75 Å². The first-order chi connectivity index (χ1) is 15.4. The van der Waals surface area contributed by atoms with Gasteiger partial charge in [0.2, 0.25) is 0 Å². The Hall–Kier alpha value is -3.61. The zero-order valence-corrected chi connectivity index (χ0v) is 18.1. The first-order valence-electron chi connectivity index (χ1n) is 10.7. The predicted molar refractivity (Wildman–Crippen MR) is 119 cm³/mol. The molecule has 0 aliphatic heterocycles. The van der Waals surface area contributed by atoms with Crippen LogP contribution in [0.3, 0.4) is 0 Å². The van der Waals surface area contributed by atoms with Crippen molar-refractivity contribution in [2.75, 3.05) is 0 Å². The fourth-order valence-electron chi connectivity index (χ4n) is 3.94. The van der Waals surface area contributed by atoms with Gasteiger partial charge in [0.15, 0.2) is 0 Å². The average Bonchev–Trinajstić information content (AvgIpc) is 2.78. The second-order valence-corrected chi connectivity index (χ2v) is 8.04. The van der Waals surface area contributed by atoms with Gasteiger partial charge in [0.1, 0.15) is 24.0 Å². The van der Waals surface area contributed by atoms with Crippen LogP contribution in [0.15, 0.2) is 51.7 Å². The van der Waals surface area contributed by atoms with Crippen LogP contribution >= 0.6 is 0 Å². The number of benzene rings is 2. The number of amides is 1. The van der Waals surface area contributed by atoms with E-state index in [1.165, 1.54) is 6.92 Å². The lowest BCUT2D eigenvalue weighted by Crippen LogP contribution is -2.41. The number of aryl methyl sites for hydroxylation is 2. The molecule has 0 radical (unpaired) electrons. The van der Waals surface area contributed by atoms with E-state index >= 15 is 0 Å². The molecule has 0 saturated heterocycles. The molecule has 3 aromatic rings. The van der Waals surface area contributed by atoms with E-state index in [0.29, 0.717) is 28.7 Å². The lowest BCUT2D eigenvalue weighted by Gasteiger charge is -2.19. The highest BCUT2D eigenvalue weighted by Crippen LogP contribution is 2.34. The van der Waals surface area contributed by atoms with E-state index in [9.17, 15) is 14.4 Å². The summed E-state index contributed by atoms with van der Waals surface area (Å²) in [4.78, 5) is 37.2. The van der Waals surface area contributed by atoms with Crippen molar-refractivity contribution in [3.63, 3.8) is 0 Å². The Bertz CT molecular complexity index is 1210. The lowest BCUT2D eigenvalue weighted by molar-refractivity contribution is -0.136. The second kappa shape index (κ2) is 9.26. The van der Waals surface area contributed by atoms with Crippen LogP contribution in [0.25, 0.3) is 11.0 Å². The van der Waals surface area contributed by atoms with Crippen LogP contribution in [0.2, 0.25) is 0 Å². The van der Waals surface area contributed by atoms with Gasteiger partial charge in [0, 0.05) is 5.56 Å². The van der Waals surface area contributed by atoms with Gasteiger partial charge in [-0.25, -0.2) is 14.4 Å². The predicted octanol–water partition coefficient (Wildman–Crippen LogP) is 4.20. The van der Waals surface area contributed by atoms with Crippen LogP contribution in [-0.4, -0.2) is 18.1 Å². The Labute approximate surface area is 185 Å². The third kappa shape index (κ3) is 4.66. The molecule has 1 aliphatic carbocycles. The van der Waals surface area contributed by atoms with Crippen LogP contribution in [0, 0.1) is 6.92 Å². The van der Waals surface area contributed by atoms with Gasteiger partial charge in [-0.3, -0.25) is 0 Å². The summed E-state index contributed by atoms with van der Waals surface area (Å²) in [6.45, 7) is 3.46. The fourth-order valence-corrected chi connectivity index (χ4v) is 3.94. The highest BCUT2D eigenvalue weighted by Gasteiger charge is 2.24. The Morgan fingerprint density at radius 1 is 1.09 bits per heavy atom. The van der Waals surface area contributed by atoms with Crippen molar-refractivity contribution < 1.29 is 23.5 Å². The minimum absolute atomic E-state index is 0.0993. The summed E-state index contributed by atoms with van der Waals surface area (Å²) < 4.78 is 16.4. The summed E-state index contributed by atoms with van der Waals surface area (Å²) in [5, 5.41) is 3.15. The maximum Gasteiger partial charge on any atom is 0.408 e. The molecule has 1 N–H and O–H groups in total. The fraction of sp³-hybridized carbons (Fsp3) is 0.320. The maximum absolute atomic E-state index is 12.7. The molecule has 7 nitrogen and oxygen atoms in total. The largest absolute Gasteiger partial charge is 0.445 e. The Morgan fingerprint density at radius 2 is 1.81 bits per heavy atom. The number of carbonyl (C=O) groups excluding carboxylic acids is 2. The molecular formula is C25H25NO6. The normalized spacial score (nSPS) is 13.8. The number of carbonyl (C=O) groups is 2. The Kier molecular flexibility index (Phi) is 6.25. The van der Waals surface area contributed by atoms with Gasteiger partial charge in [-0.05, 0) is 68.4 Å². The number of rotatable bonds is 5. The highest BCUT2D eigenvalue weighted by molar-refractivity contribution is 5.92. The molecule has 0 spiro atoms. The molecule has 1 aromatic heterocycles. The van der Waals surface area contributed by atoms with E-state index in [2.05, 4.69) is 5.32 Å². The van der Waals surface area contributed by atoms with E-state index in [0.717, 1.165) is 36.0 Å². The van der Waals surface area contributed by atoms with Crippen molar-refractivity contribution in [3.05, 3.63) is 75.1 Å². The van der Waals surface area contributed by atoms with E-state index in [1.807, 2.05) is 37.3 Å². The maximum atomic E-state index is 12.7. The van der Waals surface area contributed by atoms with Crippen LogP contribution in [-0.2, 0) is 29.0 Å². The molecule has 0 unspecified atom stereocenters. The third-order valence-electron chi connectivity index (χ3n) is 5.54. The first kappa shape index (κ1) is 21.6. The Balaban J connectivity index is 1.50. The van der Waals surface area contributed by atoms with Crippen molar-refractivity contribution >= 4 is 23.0 Å². The third-order valence-corrected chi connectivity index (χ3v) is 5.54. The molecule has 1 aliphatic rings. The standard InChI is InChI=1S/C25H25NO6/c1-15-12-20(22-18-10-6-7-11-19(18)24(28)32-21(22)13-15)31-23(27)16(2)26-25(29)30-14-17-8-4-3-5-9-17/h3-5,8-9,12-13,16H,6-7,10-11,14H2,1-2H3,(H,26,29)/t16-/m0/s1. The Morgan fingerprint density at radius 3 is 2.56 bits per heavy atom.